The molecule has 86 valence electrons. The average Bonchev–Trinajstić information content (AvgIpc) is 3.18. The number of ether oxygens (including phenoxy) is 1. The van der Waals surface area contributed by atoms with Gasteiger partial charge in [0, 0.05) is 12.2 Å². The number of nitrogens with one attached hydrogen (secondary N) is 1. The monoisotopic (exact) mass is 218 g/mol. The fourth-order valence-corrected chi connectivity index (χ4v) is 2.37. The number of hydrogen-bond donors (Lipinski definition) is 1. The molecule has 1 aromatic heterocycles. The molecule has 0 atom stereocenters. The number of pyridine rings is 1. The number of nitrogens with zero attached hydrogens (tertiary/aromatic N) is 1. The summed E-state index contributed by atoms with van der Waals surface area (Å²) in [5.41, 5.74) is 1.05. The molecule has 2 saturated carbocycles. The van der Waals surface area contributed by atoms with Gasteiger partial charge in [-0.15, -0.1) is 0 Å². The third kappa shape index (κ3) is 1.99. The third-order valence-electron chi connectivity index (χ3n) is 3.55. The zero-order chi connectivity index (χ0) is 11.0. The Morgan fingerprint density at radius 1 is 1.31 bits per heavy atom. The van der Waals surface area contributed by atoms with Crippen molar-refractivity contribution < 1.29 is 4.74 Å². The van der Waals surface area contributed by atoms with E-state index in [1.807, 2.05) is 6.07 Å². The first kappa shape index (κ1) is 9.94. The largest absolute Gasteiger partial charge is 0.480 e. The van der Waals surface area contributed by atoms with Crippen molar-refractivity contribution in [1.82, 2.24) is 4.98 Å². The van der Waals surface area contributed by atoms with Crippen LogP contribution in [0, 0.1) is 11.8 Å². The minimum Gasteiger partial charge on any atom is -0.480 e. The second-order valence-electron chi connectivity index (χ2n) is 4.91. The van der Waals surface area contributed by atoms with Crippen LogP contribution in [0.15, 0.2) is 18.3 Å². The summed E-state index contributed by atoms with van der Waals surface area (Å²) in [6, 6.07) is 4.67. The van der Waals surface area contributed by atoms with Gasteiger partial charge in [0.25, 0.3) is 0 Å². The van der Waals surface area contributed by atoms with Gasteiger partial charge in [0.1, 0.15) is 0 Å². The number of hydrogen-bond acceptors (Lipinski definition) is 3. The maximum atomic E-state index is 5.27. The molecule has 3 heteroatoms. The van der Waals surface area contributed by atoms with Gasteiger partial charge < -0.3 is 10.1 Å². The average molecular weight is 218 g/mol. The first-order valence-corrected chi connectivity index (χ1v) is 6.14. The van der Waals surface area contributed by atoms with Gasteiger partial charge >= 0.3 is 0 Å². The van der Waals surface area contributed by atoms with Crippen LogP contribution < -0.4 is 10.1 Å². The van der Waals surface area contributed by atoms with E-state index in [1.54, 1.807) is 13.3 Å². The predicted octanol–water partition coefficient (Wildman–Crippen LogP) is 2.69. The summed E-state index contributed by atoms with van der Waals surface area (Å²) < 4.78 is 5.27. The Morgan fingerprint density at radius 3 is 2.56 bits per heavy atom. The van der Waals surface area contributed by atoms with Gasteiger partial charge in [-0.1, -0.05) is 0 Å². The lowest BCUT2D eigenvalue weighted by Gasteiger charge is -2.20. The van der Waals surface area contributed by atoms with Crippen molar-refractivity contribution in [2.75, 3.05) is 12.4 Å². The third-order valence-corrected chi connectivity index (χ3v) is 3.55. The van der Waals surface area contributed by atoms with E-state index in [4.69, 9.17) is 4.74 Å². The van der Waals surface area contributed by atoms with Crippen LogP contribution in [-0.2, 0) is 0 Å². The second-order valence-corrected chi connectivity index (χ2v) is 4.91. The van der Waals surface area contributed by atoms with E-state index in [0.29, 0.717) is 11.9 Å². The van der Waals surface area contributed by atoms with E-state index >= 15 is 0 Å². The van der Waals surface area contributed by atoms with Crippen LogP contribution in [-0.4, -0.2) is 18.1 Å². The minimum absolute atomic E-state index is 0.651. The van der Waals surface area contributed by atoms with Gasteiger partial charge in [0.05, 0.1) is 12.8 Å². The molecular formula is C13H18N2O. The van der Waals surface area contributed by atoms with Crippen LogP contribution in [0.2, 0.25) is 0 Å². The molecule has 2 aliphatic rings. The second kappa shape index (κ2) is 3.96. The summed E-state index contributed by atoms with van der Waals surface area (Å²) in [5, 5.41) is 3.63. The maximum absolute atomic E-state index is 5.27. The van der Waals surface area contributed by atoms with Crippen LogP contribution in [0.5, 0.6) is 5.88 Å². The maximum Gasteiger partial charge on any atom is 0.237 e. The number of aromatic nitrogens is 1. The lowest BCUT2D eigenvalue weighted by molar-refractivity contribution is 0.398. The molecule has 2 fully saturated rings. The molecule has 0 aromatic carbocycles. The predicted molar refractivity (Wildman–Crippen MR) is 63.6 cm³/mol. The lowest BCUT2D eigenvalue weighted by atomic mass is 10.1. The van der Waals surface area contributed by atoms with E-state index in [-0.39, 0.29) is 0 Å². The Labute approximate surface area is 96.2 Å². The molecule has 0 radical (unpaired) electrons. The highest BCUT2D eigenvalue weighted by Gasteiger charge is 2.41. The number of anilines is 1. The number of methoxy groups -OCH3 is 1. The Hall–Kier alpha value is -1.25. The summed E-state index contributed by atoms with van der Waals surface area (Å²) in [4.78, 5) is 4.22. The van der Waals surface area contributed by atoms with Crippen molar-refractivity contribution in [1.29, 1.82) is 0 Å². The highest BCUT2D eigenvalue weighted by molar-refractivity contribution is 5.53. The van der Waals surface area contributed by atoms with Crippen molar-refractivity contribution >= 4 is 5.69 Å². The Bertz CT molecular complexity index is 360. The quantitative estimate of drug-likeness (QED) is 0.825. The van der Waals surface area contributed by atoms with Crippen molar-refractivity contribution in [2.24, 2.45) is 11.8 Å². The Balaban J connectivity index is 1.75. The molecule has 1 heterocycles. The normalized spacial score (nSPS) is 19.9. The molecule has 0 bridgehead atoms. The molecular weight excluding hydrogens is 200 g/mol. The zero-order valence-electron chi connectivity index (χ0n) is 9.65. The summed E-state index contributed by atoms with van der Waals surface area (Å²) >= 11 is 0. The van der Waals surface area contributed by atoms with Crippen molar-refractivity contribution in [3.05, 3.63) is 18.3 Å². The van der Waals surface area contributed by atoms with Crippen LogP contribution in [0.25, 0.3) is 0 Å². The smallest absolute Gasteiger partial charge is 0.237 e. The van der Waals surface area contributed by atoms with Crippen LogP contribution in [0.3, 0.4) is 0 Å². The van der Waals surface area contributed by atoms with Crippen molar-refractivity contribution in [2.45, 2.75) is 31.7 Å². The topological polar surface area (TPSA) is 34.1 Å². The molecule has 1 aromatic rings. The summed E-state index contributed by atoms with van der Waals surface area (Å²) in [5.74, 6) is 2.49. The summed E-state index contributed by atoms with van der Waals surface area (Å²) in [7, 11) is 1.68. The highest BCUT2D eigenvalue weighted by atomic mass is 16.5. The minimum atomic E-state index is 0.651. The summed E-state index contributed by atoms with van der Waals surface area (Å²) in [6.07, 6.45) is 7.31. The highest BCUT2D eigenvalue weighted by Crippen LogP contribution is 2.46. The molecule has 0 saturated heterocycles. The Kier molecular flexibility index (Phi) is 2.46. The van der Waals surface area contributed by atoms with Gasteiger partial charge in [-0.2, -0.15) is 0 Å². The standard InChI is InChI=1S/C13H18N2O/c1-16-13-11(3-2-8-14-13)15-12(9-4-5-9)10-6-7-10/h2-3,8-10,12,15H,4-7H2,1H3. The molecule has 3 nitrogen and oxygen atoms in total. The first-order chi connectivity index (χ1) is 7.88. The van der Waals surface area contributed by atoms with E-state index < -0.39 is 0 Å². The van der Waals surface area contributed by atoms with Gasteiger partial charge in [-0.3, -0.25) is 0 Å². The molecule has 0 spiro atoms. The lowest BCUT2D eigenvalue weighted by Crippen LogP contribution is -2.24. The molecule has 16 heavy (non-hydrogen) atoms. The Morgan fingerprint density at radius 2 is 2.00 bits per heavy atom. The zero-order valence-corrected chi connectivity index (χ0v) is 9.65. The van der Waals surface area contributed by atoms with Crippen molar-refractivity contribution in [3.63, 3.8) is 0 Å². The number of rotatable bonds is 5. The van der Waals surface area contributed by atoms with Gasteiger partial charge in [-0.25, -0.2) is 4.98 Å². The molecule has 1 N–H and O–H groups in total. The SMILES string of the molecule is COc1ncccc1NC(C1CC1)C1CC1. The van der Waals surface area contributed by atoms with Crippen LogP contribution in [0.4, 0.5) is 5.69 Å². The van der Waals surface area contributed by atoms with Gasteiger partial charge in [0.2, 0.25) is 5.88 Å². The first-order valence-electron chi connectivity index (χ1n) is 6.14. The molecule has 2 aliphatic carbocycles. The van der Waals surface area contributed by atoms with Crippen molar-refractivity contribution in [3.8, 4) is 5.88 Å². The van der Waals surface area contributed by atoms with E-state index in [1.165, 1.54) is 25.7 Å². The van der Waals surface area contributed by atoms with E-state index in [9.17, 15) is 0 Å². The fraction of sp³-hybridized carbons (Fsp3) is 0.615. The fourth-order valence-electron chi connectivity index (χ4n) is 2.37. The van der Waals surface area contributed by atoms with E-state index in [0.717, 1.165) is 17.5 Å². The molecule has 0 amide bonds. The van der Waals surface area contributed by atoms with Crippen LogP contribution in [0.1, 0.15) is 25.7 Å². The van der Waals surface area contributed by atoms with Gasteiger partial charge in [0.15, 0.2) is 0 Å². The van der Waals surface area contributed by atoms with Gasteiger partial charge in [-0.05, 0) is 49.7 Å². The van der Waals surface area contributed by atoms with E-state index in [2.05, 4.69) is 16.4 Å². The molecule has 3 rings (SSSR count). The van der Waals surface area contributed by atoms with Crippen LogP contribution >= 0.6 is 0 Å². The molecule has 0 unspecified atom stereocenters. The summed E-state index contributed by atoms with van der Waals surface area (Å²) in [6.45, 7) is 0. The molecule has 0 aliphatic heterocycles.